The fourth-order valence-corrected chi connectivity index (χ4v) is 2.71. The van der Waals surface area contributed by atoms with E-state index in [9.17, 15) is 4.79 Å². The molecule has 23 heavy (non-hydrogen) atoms. The quantitative estimate of drug-likeness (QED) is 0.895. The van der Waals surface area contributed by atoms with Crippen LogP contribution in [0.25, 0.3) is 0 Å². The molecule has 0 aromatic heterocycles. The molecule has 1 fully saturated rings. The number of halogens is 1. The van der Waals surface area contributed by atoms with E-state index in [1.165, 1.54) is 0 Å². The first kappa shape index (κ1) is 15.8. The van der Waals surface area contributed by atoms with Gasteiger partial charge in [0.2, 0.25) is 0 Å². The average Bonchev–Trinajstić information content (AvgIpc) is 3.08. The van der Waals surface area contributed by atoms with E-state index in [4.69, 9.17) is 21.1 Å². The summed E-state index contributed by atoms with van der Waals surface area (Å²) >= 11 is 6.06. The van der Waals surface area contributed by atoms with Crippen LogP contribution in [0.15, 0.2) is 48.5 Å². The maximum absolute atomic E-state index is 12.4. The number of carbonyl (C=O) groups is 1. The number of amides is 1. The van der Waals surface area contributed by atoms with Crippen molar-refractivity contribution in [3.8, 4) is 5.75 Å². The monoisotopic (exact) mass is 331 g/mol. The highest BCUT2D eigenvalue weighted by Gasteiger charge is 2.17. The number of hydrogen-bond acceptors (Lipinski definition) is 3. The lowest BCUT2D eigenvalue weighted by Gasteiger charge is -2.15. The highest BCUT2D eigenvalue weighted by molar-refractivity contribution is 6.34. The van der Waals surface area contributed by atoms with Crippen molar-refractivity contribution < 1.29 is 14.3 Å². The van der Waals surface area contributed by atoms with Gasteiger partial charge in [-0.1, -0.05) is 35.9 Å². The van der Waals surface area contributed by atoms with E-state index >= 15 is 0 Å². The van der Waals surface area contributed by atoms with Crippen LogP contribution in [-0.4, -0.2) is 25.2 Å². The predicted molar refractivity (Wildman–Crippen MR) is 90.3 cm³/mol. The third-order valence-electron chi connectivity index (χ3n) is 3.70. The van der Waals surface area contributed by atoms with Crippen molar-refractivity contribution in [2.45, 2.75) is 18.9 Å². The lowest BCUT2D eigenvalue weighted by Crippen LogP contribution is -2.18. The first-order valence-corrected chi connectivity index (χ1v) is 8.01. The molecule has 3 rings (SSSR count). The number of rotatable bonds is 5. The van der Waals surface area contributed by atoms with E-state index in [1.54, 1.807) is 30.3 Å². The Hall–Kier alpha value is -2.04. The summed E-state index contributed by atoms with van der Waals surface area (Å²) in [5.41, 5.74) is 1.05. The third-order valence-corrected chi connectivity index (χ3v) is 4.03. The second kappa shape index (κ2) is 7.49. The predicted octanol–water partition coefficient (Wildman–Crippen LogP) is 4.15. The van der Waals surface area contributed by atoms with Crippen LogP contribution in [0.5, 0.6) is 5.75 Å². The zero-order valence-electron chi connectivity index (χ0n) is 12.6. The Balaban J connectivity index is 1.70. The first-order chi connectivity index (χ1) is 11.2. The molecule has 5 heteroatoms. The summed E-state index contributed by atoms with van der Waals surface area (Å²) in [6, 6.07) is 14.3. The largest absolute Gasteiger partial charge is 0.489 e. The number of benzene rings is 2. The van der Waals surface area contributed by atoms with E-state index in [-0.39, 0.29) is 12.0 Å². The number of hydrogen-bond donors (Lipinski definition) is 1. The standard InChI is InChI=1S/C18H18ClNO3/c19-15-8-2-1-7-14(15)18(21)20-16-9-3-4-10-17(16)23-12-13-6-5-11-22-13/h1-4,7-10,13H,5-6,11-12H2,(H,20,21). The summed E-state index contributed by atoms with van der Waals surface area (Å²) in [6.45, 7) is 1.28. The molecular formula is C18H18ClNO3. The summed E-state index contributed by atoms with van der Waals surface area (Å²) in [5, 5.41) is 3.27. The van der Waals surface area contributed by atoms with Crippen molar-refractivity contribution in [3.63, 3.8) is 0 Å². The second-order valence-corrected chi connectivity index (χ2v) is 5.78. The molecular weight excluding hydrogens is 314 g/mol. The number of ether oxygens (including phenoxy) is 2. The first-order valence-electron chi connectivity index (χ1n) is 7.63. The van der Waals surface area contributed by atoms with Gasteiger partial charge in [0.1, 0.15) is 12.4 Å². The van der Waals surface area contributed by atoms with E-state index in [2.05, 4.69) is 5.32 Å². The Bertz CT molecular complexity index is 683. The van der Waals surface area contributed by atoms with Gasteiger partial charge in [0.05, 0.1) is 22.4 Å². The van der Waals surface area contributed by atoms with Crippen molar-refractivity contribution in [3.05, 3.63) is 59.1 Å². The summed E-state index contributed by atoms with van der Waals surface area (Å²) in [7, 11) is 0. The van der Waals surface area contributed by atoms with Crippen molar-refractivity contribution in [2.24, 2.45) is 0 Å². The minimum atomic E-state index is -0.260. The number of nitrogens with one attached hydrogen (secondary N) is 1. The van der Waals surface area contributed by atoms with Gasteiger partial charge in [-0.05, 0) is 37.1 Å². The van der Waals surface area contributed by atoms with Crippen molar-refractivity contribution in [1.29, 1.82) is 0 Å². The molecule has 0 aliphatic carbocycles. The van der Waals surface area contributed by atoms with Gasteiger partial charge in [0, 0.05) is 6.61 Å². The molecule has 120 valence electrons. The van der Waals surface area contributed by atoms with Gasteiger partial charge in [-0.25, -0.2) is 0 Å². The molecule has 2 aromatic rings. The number of para-hydroxylation sites is 2. The minimum Gasteiger partial charge on any atom is -0.489 e. The molecule has 1 amide bonds. The Morgan fingerprint density at radius 1 is 1.22 bits per heavy atom. The lowest BCUT2D eigenvalue weighted by molar-refractivity contribution is 0.0682. The van der Waals surface area contributed by atoms with Gasteiger partial charge in [-0.15, -0.1) is 0 Å². The van der Waals surface area contributed by atoms with Crippen LogP contribution >= 0.6 is 11.6 Å². The van der Waals surface area contributed by atoms with Crippen molar-refractivity contribution in [2.75, 3.05) is 18.5 Å². The van der Waals surface area contributed by atoms with E-state index in [1.807, 2.05) is 18.2 Å². The molecule has 2 aromatic carbocycles. The van der Waals surface area contributed by atoms with Gasteiger partial charge in [0.25, 0.3) is 5.91 Å². The highest BCUT2D eigenvalue weighted by Crippen LogP contribution is 2.26. The van der Waals surface area contributed by atoms with E-state index < -0.39 is 0 Å². The second-order valence-electron chi connectivity index (χ2n) is 5.38. The Kier molecular flexibility index (Phi) is 5.16. The lowest BCUT2D eigenvalue weighted by atomic mass is 10.2. The van der Waals surface area contributed by atoms with Crippen LogP contribution in [0.3, 0.4) is 0 Å². The SMILES string of the molecule is O=C(Nc1ccccc1OCC1CCCO1)c1ccccc1Cl. The zero-order valence-corrected chi connectivity index (χ0v) is 13.4. The molecule has 1 unspecified atom stereocenters. The number of carbonyl (C=O) groups excluding carboxylic acids is 1. The zero-order chi connectivity index (χ0) is 16.1. The molecule has 4 nitrogen and oxygen atoms in total. The maximum Gasteiger partial charge on any atom is 0.257 e. The van der Waals surface area contributed by atoms with Gasteiger partial charge >= 0.3 is 0 Å². The van der Waals surface area contributed by atoms with Crippen LogP contribution in [0, 0.1) is 0 Å². The Morgan fingerprint density at radius 2 is 2.00 bits per heavy atom. The normalized spacial score (nSPS) is 17.0. The molecule has 1 N–H and O–H groups in total. The molecule has 0 radical (unpaired) electrons. The summed E-state index contributed by atoms with van der Waals surface area (Å²) < 4.78 is 11.4. The topological polar surface area (TPSA) is 47.6 Å². The van der Waals surface area contributed by atoms with Crippen molar-refractivity contribution >= 4 is 23.2 Å². The Labute approximate surface area is 140 Å². The van der Waals surface area contributed by atoms with Crippen LogP contribution in [0.4, 0.5) is 5.69 Å². The van der Waals surface area contributed by atoms with Crippen LogP contribution in [-0.2, 0) is 4.74 Å². The van der Waals surface area contributed by atoms with Gasteiger partial charge in [-0.3, -0.25) is 4.79 Å². The van der Waals surface area contributed by atoms with Crippen LogP contribution < -0.4 is 10.1 Å². The molecule has 0 spiro atoms. The smallest absolute Gasteiger partial charge is 0.257 e. The maximum atomic E-state index is 12.4. The van der Waals surface area contributed by atoms with E-state index in [0.29, 0.717) is 28.6 Å². The minimum absolute atomic E-state index is 0.127. The summed E-state index contributed by atoms with van der Waals surface area (Å²) in [4.78, 5) is 12.4. The third kappa shape index (κ3) is 4.03. The van der Waals surface area contributed by atoms with Crippen molar-refractivity contribution in [1.82, 2.24) is 0 Å². The number of anilines is 1. The average molecular weight is 332 g/mol. The molecule has 1 aliphatic heterocycles. The molecule has 1 saturated heterocycles. The fraction of sp³-hybridized carbons (Fsp3) is 0.278. The molecule has 0 bridgehead atoms. The van der Waals surface area contributed by atoms with Crippen LogP contribution in [0.2, 0.25) is 5.02 Å². The van der Waals surface area contributed by atoms with Gasteiger partial charge in [-0.2, -0.15) is 0 Å². The van der Waals surface area contributed by atoms with Gasteiger partial charge < -0.3 is 14.8 Å². The summed E-state index contributed by atoms with van der Waals surface area (Å²) in [5.74, 6) is 0.368. The van der Waals surface area contributed by atoms with Crippen LogP contribution in [0.1, 0.15) is 23.2 Å². The molecule has 0 saturated carbocycles. The Morgan fingerprint density at radius 3 is 2.78 bits per heavy atom. The fourth-order valence-electron chi connectivity index (χ4n) is 2.49. The molecule has 1 atom stereocenters. The highest BCUT2D eigenvalue weighted by atomic mass is 35.5. The molecule has 1 heterocycles. The summed E-state index contributed by atoms with van der Waals surface area (Å²) in [6.07, 6.45) is 2.20. The van der Waals surface area contributed by atoms with Gasteiger partial charge in [0.15, 0.2) is 0 Å². The molecule has 1 aliphatic rings. The van der Waals surface area contributed by atoms with E-state index in [0.717, 1.165) is 19.4 Å².